The molecule has 2 rings (SSSR count). The van der Waals surface area contributed by atoms with Crippen molar-refractivity contribution in [3.05, 3.63) is 69.0 Å². The third kappa shape index (κ3) is 3.55. The van der Waals surface area contributed by atoms with E-state index in [9.17, 15) is 14.9 Å². The summed E-state index contributed by atoms with van der Waals surface area (Å²) >= 11 is 5.79. The molecule has 2 aromatic rings. The number of nitrogens with zero attached hydrogens (tertiary/aromatic N) is 2. The summed E-state index contributed by atoms with van der Waals surface area (Å²) in [6, 6.07) is 8.98. The Bertz CT molecular complexity index is 676. The number of pyridine rings is 1. The summed E-state index contributed by atoms with van der Waals surface area (Å²) in [5, 5.41) is 13.4. The third-order valence-corrected chi connectivity index (χ3v) is 3.19. The maximum atomic E-state index is 12.1. The highest BCUT2D eigenvalue weighted by molar-refractivity contribution is 6.33. The number of carbonyl (C=O) groups excluding carboxylic acids is 1. The molecule has 0 fully saturated rings. The highest BCUT2D eigenvalue weighted by atomic mass is 35.5. The quantitative estimate of drug-likeness (QED) is 0.694. The first kappa shape index (κ1) is 14.9. The van der Waals surface area contributed by atoms with Gasteiger partial charge in [-0.15, -0.1) is 0 Å². The summed E-state index contributed by atoms with van der Waals surface area (Å²) in [5.41, 5.74) is 0.748. The molecule has 0 aliphatic carbocycles. The molecule has 1 aromatic heterocycles. The van der Waals surface area contributed by atoms with Gasteiger partial charge in [0.25, 0.3) is 11.6 Å². The van der Waals surface area contributed by atoms with Gasteiger partial charge < -0.3 is 5.32 Å². The fourth-order valence-corrected chi connectivity index (χ4v) is 2.03. The van der Waals surface area contributed by atoms with Crippen LogP contribution in [0.25, 0.3) is 0 Å². The van der Waals surface area contributed by atoms with Crippen molar-refractivity contribution in [2.45, 2.75) is 13.0 Å². The highest BCUT2D eigenvalue weighted by Gasteiger charge is 2.17. The molecule has 0 saturated heterocycles. The molecule has 0 aliphatic heterocycles. The van der Waals surface area contributed by atoms with E-state index in [0.717, 1.165) is 5.69 Å². The molecular weight excluding hydrogens is 294 g/mol. The fourth-order valence-electron chi connectivity index (χ4n) is 1.78. The second-order valence-electron chi connectivity index (χ2n) is 4.37. The number of amides is 1. The molecule has 0 radical (unpaired) electrons. The molecule has 108 valence electrons. The van der Waals surface area contributed by atoms with Crippen molar-refractivity contribution in [2.75, 3.05) is 0 Å². The molecular formula is C14H12ClN3O3. The average molecular weight is 306 g/mol. The smallest absolute Gasteiger partial charge is 0.287 e. The van der Waals surface area contributed by atoms with E-state index in [1.54, 1.807) is 25.3 Å². The van der Waals surface area contributed by atoms with Crippen LogP contribution in [-0.2, 0) is 0 Å². The average Bonchev–Trinajstić information content (AvgIpc) is 2.47. The summed E-state index contributed by atoms with van der Waals surface area (Å²) in [5.74, 6) is -0.370. The van der Waals surface area contributed by atoms with Gasteiger partial charge in [0, 0.05) is 17.8 Å². The molecule has 1 atom stereocenters. The number of aromatic nitrogens is 1. The molecule has 1 unspecified atom stereocenters. The molecule has 6 nitrogen and oxygen atoms in total. The number of halogens is 1. The second-order valence-corrected chi connectivity index (χ2v) is 4.78. The molecule has 1 aromatic carbocycles. The van der Waals surface area contributed by atoms with Crippen molar-refractivity contribution >= 4 is 23.2 Å². The van der Waals surface area contributed by atoms with Crippen molar-refractivity contribution in [1.82, 2.24) is 10.3 Å². The first-order valence-electron chi connectivity index (χ1n) is 6.15. The topological polar surface area (TPSA) is 85.1 Å². The van der Waals surface area contributed by atoms with Crippen molar-refractivity contribution in [1.29, 1.82) is 0 Å². The lowest BCUT2D eigenvalue weighted by Crippen LogP contribution is -2.27. The zero-order valence-electron chi connectivity index (χ0n) is 11.1. The number of rotatable bonds is 4. The van der Waals surface area contributed by atoms with Gasteiger partial charge in [-0.05, 0) is 31.2 Å². The summed E-state index contributed by atoms with van der Waals surface area (Å²) in [6.07, 6.45) is 1.64. The summed E-state index contributed by atoms with van der Waals surface area (Å²) < 4.78 is 0. The summed E-state index contributed by atoms with van der Waals surface area (Å²) in [7, 11) is 0. The maximum absolute atomic E-state index is 12.1. The van der Waals surface area contributed by atoms with E-state index in [1.165, 1.54) is 18.2 Å². The van der Waals surface area contributed by atoms with Crippen LogP contribution in [-0.4, -0.2) is 15.8 Å². The van der Waals surface area contributed by atoms with Crippen molar-refractivity contribution < 1.29 is 9.72 Å². The predicted molar refractivity (Wildman–Crippen MR) is 78.2 cm³/mol. The Hall–Kier alpha value is -2.47. The van der Waals surface area contributed by atoms with E-state index in [-0.39, 0.29) is 28.2 Å². The van der Waals surface area contributed by atoms with Crippen molar-refractivity contribution in [3.8, 4) is 0 Å². The van der Waals surface area contributed by atoms with Crippen LogP contribution in [0.2, 0.25) is 5.02 Å². The van der Waals surface area contributed by atoms with Crippen LogP contribution in [0.4, 0.5) is 5.69 Å². The third-order valence-electron chi connectivity index (χ3n) is 2.89. The lowest BCUT2D eigenvalue weighted by Gasteiger charge is -2.13. The van der Waals surface area contributed by atoms with Crippen LogP contribution in [0.3, 0.4) is 0 Å². The van der Waals surface area contributed by atoms with Crippen molar-refractivity contribution in [2.24, 2.45) is 0 Å². The van der Waals surface area contributed by atoms with E-state index in [1.807, 2.05) is 6.07 Å². The van der Waals surface area contributed by atoms with Gasteiger partial charge >= 0.3 is 0 Å². The minimum atomic E-state index is -0.597. The van der Waals surface area contributed by atoms with Gasteiger partial charge in [0.1, 0.15) is 5.02 Å². The summed E-state index contributed by atoms with van der Waals surface area (Å²) in [4.78, 5) is 26.3. The first-order valence-corrected chi connectivity index (χ1v) is 6.52. The molecule has 0 saturated carbocycles. The Labute approximate surface area is 125 Å². The molecule has 0 bridgehead atoms. The number of nitro benzene ring substituents is 1. The standard InChI is InChI=1S/C14H12ClN3O3/c1-9(12-4-2-3-7-16-12)17-14(19)10-5-6-13(18(20)21)11(15)8-10/h2-9H,1H3,(H,17,19). The van der Waals surface area contributed by atoms with Gasteiger partial charge in [-0.1, -0.05) is 17.7 Å². The minimum absolute atomic E-state index is 0.0712. The van der Waals surface area contributed by atoms with Gasteiger partial charge in [0.2, 0.25) is 0 Å². The molecule has 0 spiro atoms. The van der Waals surface area contributed by atoms with E-state index in [4.69, 9.17) is 11.6 Å². The Kier molecular flexibility index (Phi) is 4.49. The number of nitro groups is 1. The van der Waals surface area contributed by atoms with Crippen LogP contribution < -0.4 is 5.32 Å². The largest absolute Gasteiger partial charge is 0.344 e. The van der Waals surface area contributed by atoms with Gasteiger partial charge in [-0.3, -0.25) is 19.9 Å². The van der Waals surface area contributed by atoms with E-state index in [2.05, 4.69) is 10.3 Å². The second kappa shape index (κ2) is 6.32. The molecule has 1 heterocycles. The lowest BCUT2D eigenvalue weighted by atomic mass is 10.1. The normalized spacial score (nSPS) is 11.7. The van der Waals surface area contributed by atoms with Gasteiger partial charge in [0.15, 0.2) is 0 Å². The number of nitrogens with one attached hydrogen (secondary N) is 1. The first-order chi connectivity index (χ1) is 9.99. The summed E-state index contributed by atoms with van der Waals surface area (Å²) in [6.45, 7) is 1.80. The zero-order valence-corrected chi connectivity index (χ0v) is 11.9. The molecule has 21 heavy (non-hydrogen) atoms. The lowest BCUT2D eigenvalue weighted by molar-refractivity contribution is -0.384. The Balaban J connectivity index is 2.14. The van der Waals surface area contributed by atoms with E-state index < -0.39 is 4.92 Å². The van der Waals surface area contributed by atoms with E-state index in [0.29, 0.717) is 0 Å². The monoisotopic (exact) mass is 305 g/mol. The van der Waals surface area contributed by atoms with Crippen LogP contribution in [0.5, 0.6) is 0 Å². The van der Waals surface area contributed by atoms with E-state index >= 15 is 0 Å². The number of benzene rings is 1. The van der Waals surface area contributed by atoms with Crippen LogP contribution in [0.1, 0.15) is 29.0 Å². The Morgan fingerprint density at radius 1 is 1.38 bits per heavy atom. The molecule has 1 N–H and O–H groups in total. The Morgan fingerprint density at radius 2 is 2.14 bits per heavy atom. The zero-order chi connectivity index (χ0) is 15.4. The van der Waals surface area contributed by atoms with Crippen LogP contribution in [0.15, 0.2) is 42.6 Å². The minimum Gasteiger partial charge on any atom is -0.344 e. The Morgan fingerprint density at radius 3 is 2.71 bits per heavy atom. The number of hydrogen-bond donors (Lipinski definition) is 1. The van der Waals surface area contributed by atoms with Crippen LogP contribution in [0, 0.1) is 10.1 Å². The highest BCUT2D eigenvalue weighted by Crippen LogP contribution is 2.25. The van der Waals surface area contributed by atoms with Crippen molar-refractivity contribution in [3.63, 3.8) is 0 Å². The van der Waals surface area contributed by atoms with Crippen LogP contribution >= 0.6 is 11.6 Å². The SMILES string of the molecule is CC(NC(=O)c1ccc([N+](=O)[O-])c(Cl)c1)c1ccccn1. The molecule has 1 amide bonds. The van der Waals surface area contributed by atoms with Gasteiger partial charge in [0.05, 0.1) is 16.7 Å². The maximum Gasteiger partial charge on any atom is 0.287 e. The van der Waals surface area contributed by atoms with Gasteiger partial charge in [-0.2, -0.15) is 0 Å². The predicted octanol–water partition coefficient (Wildman–Crippen LogP) is 3.13. The number of hydrogen-bond acceptors (Lipinski definition) is 4. The number of carbonyl (C=O) groups is 1. The fraction of sp³-hybridized carbons (Fsp3) is 0.143. The molecule has 0 aliphatic rings. The van der Waals surface area contributed by atoms with Gasteiger partial charge in [-0.25, -0.2) is 0 Å². The molecule has 7 heteroatoms.